The summed E-state index contributed by atoms with van der Waals surface area (Å²) < 4.78 is 10.8. The van der Waals surface area contributed by atoms with Crippen LogP contribution in [0.3, 0.4) is 0 Å². The fourth-order valence-corrected chi connectivity index (χ4v) is 3.02. The van der Waals surface area contributed by atoms with E-state index >= 15 is 0 Å². The van der Waals surface area contributed by atoms with Crippen LogP contribution in [0.25, 0.3) is 22.4 Å². The maximum atomic E-state index is 9.61. The number of hydrogen-bond donors (Lipinski definition) is 1. The summed E-state index contributed by atoms with van der Waals surface area (Å²) in [5.41, 5.74) is 8.87. The number of pyridine rings is 1. The van der Waals surface area contributed by atoms with Crippen LogP contribution in [0.1, 0.15) is 5.56 Å². The molecule has 0 aliphatic heterocycles. The monoisotopic (exact) mass is 399 g/mol. The van der Waals surface area contributed by atoms with Crippen LogP contribution in [0.15, 0.2) is 42.5 Å². The predicted molar refractivity (Wildman–Crippen MR) is 107 cm³/mol. The van der Waals surface area contributed by atoms with Gasteiger partial charge in [-0.15, -0.1) is 0 Å². The van der Waals surface area contributed by atoms with Gasteiger partial charge < -0.3 is 15.2 Å². The summed E-state index contributed by atoms with van der Waals surface area (Å²) in [4.78, 5) is 4.35. The summed E-state index contributed by atoms with van der Waals surface area (Å²) in [5.74, 6) is 1.32. The molecule has 1 heterocycles. The third kappa shape index (κ3) is 3.63. The van der Waals surface area contributed by atoms with Gasteiger partial charge in [-0.1, -0.05) is 29.3 Å². The number of nitrogens with two attached hydrogens (primary N) is 1. The molecular weight excluding hydrogens is 385 g/mol. The van der Waals surface area contributed by atoms with Crippen molar-refractivity contribution in [3.8, 4) is 40.0 Å². The fraction of sp³-hybridized carbons (Fsp3) is 0.100. The Morgan fingerprint density at radius 1 is 0.963 bits per heavy atom. The number of halogens is 2. The molecule has 3 aromatic rings. The molecule has 0 radical (unpaired) electrons. The van der Waals surface area contributed by atoms with Crippen LogP contribution in [0.5, 0.6) is 11.5 Å². The first kappa shape index (κ1) is 18.8. The first-order valence-electron chi connectivity index (χ1n) is 7.87. The molecule has 0 atom stereocenters. The van der Waals surface area contributed by atoms with Crippen molar-refractivity contribution >= 4 is 29.0 Å². The molecule has 0 saturated carbocycles. The van der Waals surface area contributed by atoms with E-state index in [4.69, 9.17) is 38.4 Å². The van der Waals surface area contributed by atoms with Crippen molar-refractivity contribution in [3.05, 3.63) is 58.1 Å². The van der Waals surface area contributed by atoms with Crippen molar-refractivity contribution < 1.29 is 9.47 Å². The van der Waals surface area contributed by atoms with Gasteiger partial charge in [0.15, 0.2) is 0 Å². The second kappa shape index (κ2) is 7.75. The molecule has 1 aromatic heterocycles. The molecule has 2 aromatic carbocycles. The smallest absolute Gasteiger partial charge is 0.142 e. The second-order valence-electron chi connectivity index (χ2n) is 5.62. The summed E-state index contributed by atoms with van der Waals surface area (Å²) >= 11 is 12.1. The highest BCUT2D eigenvalue weighted by molar-refractivity contribution is 6.42. The van der Waals surface area contributed by atoms with Crippen LogP contribution in [0.2, 0.25) is 10.0 Å². The molecule has 5 nitrogen and oxygen atoms in total. The minimum absolute atomic E-state index is 0.112. The van der Waals surface area contributed by atoms with E-state index in [1.165, 1.54) is 0 Å². The zero-order valence-electron chi connectivity index (χ0n) is 14.6. The molecule has 3 rings (SSSR count). The van der Waals surface area contributed by atoms with Gasteiger partial charge in [0.25, 0.3) is 0 Å². The standard InChI is InChI=1S/C20H15Cl2N3O2/c1-26-12-4-6-19(27-2)14(8-12)13-9-18(25-20(24)15(13)10-23)11-3-5-16(21)17(22)7-11/h3-9H,1-2H3,(H2,24,25). The minimum Gasteiger partial charge on any atom is -0.497 e. The summed E-state index contributed by atoms with van der Waals surface area (Å²) in [6, 6.07) is 14.4. The van der Waals surface area contributed by atoms with Crippen molar-refractivity contribution in [1.29, 1.82) is 5.26 Å². The number of ether oxygens (including phenoxy) is 2. The summed E-state index contributed by atoms with van der Waals surface area (Å²) in [6.07, 6.45) is 0. The van der Waals surface area contributed by atoms with Gasteiger partial charge >= 0.3 is 0 Å². The lowest BCUT2D eigenvalue weighted by molar-refractivity contribution is 0.404. The van der Waals surface area contributed by atoms with E-state index < -0.39 is 0 Å². The molecule has 0 aliphatic rings. The number of benzene rings is 2. The summed E-state index contributed by atoms with van der Waals surface area (Å²) in [5, 5.41) is 10.5. The van der Waals surface area contributed by atoms with Crippen LogP contribution in [0.4, 0.5) is 5.82 Å². The van der Waals surface area contributed by atoms with E-state index in [1.807, 2.05) is 0 Å². The number of nitriles is 1. The van der Waals surface area contributed by atoms with Gasteiger partial charge in [0.05, 0.1) is 30.0 Å². The number of anilines is 1. The molecule has 0 unspecified atom stereocenters. The molecule has 0 amide bonds. The zero-order chi connectivity index (χ0) is 19.6. The van der Waals surface area contributed by atoms with E-state index in [-0.39, 0.29) is 11.4 Å². The van der Waals surface area contributed by atoms with Crippen LogP contribution < -0.4 is 15.2 Å². The second-order valence-corrected chi connectivity index (χ2v) is 6.44. The number of nitrogen functional groups attached to an aromatic ring is 1. The SMILES string of the molecule is COc1ccc(OC)c(-c2cc(-c3ccc(Cl)c(Cl)c3)nc(N)c2C#N)c1. The van der Waals surface area contributed by atoms with Crippen molar-refractivity contribution in [3.63, 3.8) is 0 Å². The van der Waals surface area contributed by atoms with Gasteiger partial charge in [0, 0.05) is 16.7 Å². The number of hydrogen-bond acceptors (Lipinski definition) is 5. The quantitative estimate of drug-likeness (QED) is 0.652. The van der Waals surface area contributed by atoms with Crippen LogP contribution >= 0.6 is 23.2 Å². The first-order valence-corrected chi connectivity index (χ1v) is 8.62. The minimum atomic E-state index is 0.112. The molecular formula is C20H15Cl2N3O2. The van der Waals surface area contributed by atoms with E-state index in [9.17, 15) is 5.26 Å². The highest BCUT2D eigenvalue weighted by Gasteiger charge is 2.17. The number of methoxy groups -OCH3 is 2. The van der Waals surface area contributed by atoms with Gasteiger partial charge in [0.2, 0.25) is 0 Å². The Balaban J connectivity index is 2.28. The van der Waals surface area contributed by atoms with Gasteiger partial charge in [-0.3, -0.25) is 0 Å². The third-order valence-corrected chi connectivity index (χ3v) is 4.81. The Labute approximate surface area is 166 Å². The van der Waals surface area contributed by atoms with E-state index in [0.717, 1.165) is 5.56 Å². The lowest BCUT2D eigenvalue weighted by Gasteiger charge is -2.14. The average molecular weight is 400 g/mol. The largest absolute Gasteiger partial charge is 0.497 e. The first-order chi connectivity index (χ1) is 13.0. The Morgan fingerprint density at radius 3 is 2.37 bits per heavy atom. The van der Waals surface area contributed by atoms with E-state index in [2.05, 4.69) is 11.1 Å². The Bertz CT molecular complexity index is 1060. The topological polar surface area (TPSA) is 81.2 Å². The maximum Gasteiger partial charge on any atom is 0.142 e. The van der Waals surface area contributed by atoms with Crippen molar-refractivity contribution in [2.24, 2.45) is 0 Å². The molecule has 0 aliphatic carbocycles. The zero-order valence-corrected chi connectivity index (χ0v) is 16.1. The van der Waals surface area contributed by atoms with Crippen LogP contribution in [-0.4, -0.2) is 19.2 Å². The van der Waals surface area contributed by atoms with Gasteiger partial charge in [-0.2, -0.15) is 5.26 Å². The van der Waals surface area contributed by atoms with Gasteiger partial charge in [-0.25, -0.2) is 4.98 Å². The van der Waals surface area contributed by atoms with Crippen LogP contribution in [0, 0.1) is 11.3 Å². The number of aromatic nitrogens is 1. The lowest BCUT2D eigenvalue weighted by Crippen LogP contribution is -2.01. The van der Waals surface area contributed by atoms with E-state index in [0.29, 0.717) is 38.4 Å². The molecule has 2 N–H and O–H groups in total. The molecule has 27 heavy (non-hydrogen) atoms. The molecule has 136 valence electrons. The van der Waals surface area contributed by atoms with E-state index in [1.54, 1.807) is 56.7 Å². The predicted octanol–water partition coefficient (Wildman–Crippen LogP) is 5.19. The Hall–Kier alpha value is -2.94. The van der Waals surface area contributed by atoms with Crippen molar-refractivity contribution in [2.45, 2.75) is 0 Å². The normalized spacial score (nSPS) is 10.3. The molecule has 7 heteroatoms. The van der Waals surface area contributed by atoms with Crippen molar-refractivity contribution in [1.82, 2.24) is 4.98 Å². The molecule has 0 saturated heterocycles. The fourth-order valence-electron chi connectivity index (χ4n) is 2.72. The Kier molecular flexibility index (Phi) is 5.41. The van der Waals surface area contributed by atoms with Crippen LogP contribution in [-0.2, 0) is 0 Å². The third-order valence-electron chi connectivity index (χ3n) is 4.07. The Morgan fingerprint density at radius 2 is 1.74 bits per heavy atom. The summed E-state index contributed by atoms with van der Waals surface area (Å²) in [6.45, 7) is 0. The highest BCUT2D eigenvalue weighted by atomic mass is 35.5. The van der Waals surface area contributed by atoms with Gasteiger partial charge in [0.1, 0.15) is 28.9 Å². The summed E-state index contributed by atoms with van der Waals surface area (Å²) in [7, 11) is 3.13. The molecule has 0 spiro atoms. The average Bonchev–Trinajstić information content (AvgIpc) is 2.68. The molecule has 0 bridgehead atoms. The molecule has 0 fully saturated rings. The maximum absolute atomic E-state index is 9.61. The van der Waals surface area contributed by atoms with Gasteiger partial charge in [-0.05, 0) is 36.4 Å². The number of rotatable bonds is 4. The van der Waals surface area contributed by atoms with Crippen molar-refractivity contribution in [2.75, 3.05) is 20.0 Å². The highest BCUT2D eigenvalue weighted by Crippen LogP contribution is 2.39. The number of nitrogens with zero attached hydrogens (tertiary/aromatic N) is 2. The lowest BCUT2D eigenvalue weighted by atomic mass is 9.97.